The standard InChI is InChI=1S/C8H15NO2/c1-3-9-6-5-7(9)8(10)11-4-2/h7H,3-6H2,1-2H3. The molecule has 1 rings (SSSR count). The van der Waals surface area contributed by atoms with Gasteiger partial charge in [-0.05, 0) is 19.9 Å². The fourth-order valence-corrected chi connectivity index (χ4v) is 1.32. The van der Waals surface area contributed by atoms with Crippen LogP contribution in [0.3, 0.4) is 0 Å². The highest BCUT2D eigenvalue weighted by Gasteiger charge is 2.33. The lowest BCUT2D eigenvalue weighted by atomic mass is 10.0. The van der Waals surface area contributed by atoms with Crippen molar-refractivity contribution < 1.29 is 9.53 Å². The van der Waals surface area contributed by atoms with E-state index in [-0.39, 0.29) is 12.0 Å². The molecule has 0 amide bonds. The molecule has 0 bridgehead atoms. The molecule has 0 aliphatic carbocycles. The zero-order valence-corrected chi connectivity index (χ0v) is 7.17. The van der Waals surface area contributed by atoms with Gasteiger partial charge in [0.05, 0.1) is 6.61 Å². The summed E-state index contributed by atoms with van der Waals surface area (Å²) in [4.78, 5) is 13.3. The van der Waals surface area contributed by atoms with Gasteiger partial charge in [-0.15, -0.1) is 0 Å². The summed E-state index contributed by atoms with van der Waals surface area (Å²) in [5, 5.41) is 0. The van der Waals surface area contributed by atoms with Crippen LogP contribution in [0.25, 0.3) is 0 Å². The minimum Gasteiger partial charge on any atom is -0.465 e. The van der Waals surface area contributed by atoms with Gasteiger partial charge >= 0.3 is 5.97 Å². The van der Waals surface area contributed by atoms with Crippen molar-refractivity contribution in [3.05, 3.63) is 0 Å². The van der Waals surface area contributed by atoms with Crippen LogP contribution in [0.2, 0.25) is 0 Å². The van der Waals surface area contributed by atoms with E-state index in [1.807, 2.05) is 6.92 Å². The largest absolute Gasteiger partial charge is 0.465 e. The molecule has 1 aliphatic heterocycles. The normalized spacial score (nSPS) is 24.4. The summed E-state index contributed by atoms with van der Waals surface area (Å²) in [6.07, 6.45) is 0.965. The molecule has 0 radical (unpaired) electrons. The van der Waals surface area contributed by atoms with Crippen LogP contribution in [0.5, 0.6) is 0 Å². The number of ether oxygens (including phenoxy) is 1. The highest BCUT2D eigenvalue weighted by atomic mass is 16.5. The van der Waals surface area contributed by atoms with Gasteiger partial charge in [-0.25, -0.2) is 0 Å². The lowest BCUT2D eigenvalue weighted by Crippen LogP contribution is -2.52. The Morgan fingerprint density at radius 2 is 2.36 bits per heavy atom. The van der Waals surface area contributed by atoms with Crippen LogP contribution in [-0.4, -0.2) is 36.6 Å². The topological polar surface area (TPSA) is 29.5 Å². The zero-order chi connectivity index (χ0) is 8.27. The van der Waals surface area contributed by atoms with Gasteiger partial charge in [-0.1, -0.05) is 6.92 Å². The zero-order valence-electron chi connectivity index (χ0n) is 7.17. The van der Waals surface area contributed by atoms with Crippen LogP contribution in [0, 0.1) is 0 Å². The predicted molar refractivity (Wildman–Crippen MR) is 42.3 cm³/mol. The Morgan fingerprint density at radius 1 is 1.64 bits per heavy atom. The smallest absolute Gasteiger partial charge is 0.323 e. The Kier molecular flexibility index (Phi) is 2.88. The SMILES string of the molecule is CCOC(=O)C1CCN1CC. The lowest BCUT2D eigenvalue weighted by Gasteiger charge is -2.37. The molecule has 0 aromatic rings. The molecule has 0 aromatic heterocycles. The average molecular weight is 157 g/mol. The third-order valence-electron chi connectivity index (χ3n) is 2.10. The minimum absolute atomic E-state index is 0.0550. The molecule has 0 aromatic carbocycles. The molecule has 3 nitrogen and oxygen atoms in total. The summed E-state index contributed by atoms with van der Waals surface area (Å²) < 4.78 is 4.90. The van der Waals surface area contributed by atoms with E-state index in [0.29, 0.717) is 6.61 Å². The van der Waals surface area contributed by atoms with E-state index >= 15 is 0 Å². The Morgan fingerprint density at radius 3 is 2.73 bits per heavy atom. The van der Waals surface area contributed by atoms with Gasteiger partial charge in [0, 0.05) is 6.54 Å². The van der Waals surface area contributed by atoms with Crippen LogP contribution < -0.4 is 0 Å². The number of nitrogens with zero attached hydrogens (tertiary/aromatic N) is 1. The maximum atomic E-state index is 11.1. The van der Waals surface area contributed by atoms with Gasteiger partial charge in [0.1, 0.15) is 6.04 Å². The van der Waals surface area contributed by atoms with Crippen molar-refractivity contribution in [2.75, 3.05) is 19.7 Å². The second-order valence-electron chi connectivity index (χ2n) is 2.69. The molecule has 1 atom stereocenters. The molecule has 3 heteroatoms. The number of hydrogen-bond donors (Lipinski definition) is 0. The summed E-state index contributed by atoms with van der Waals surface area (Å²) in [5.74, 6) is -0.0550. The fourth-order valence-electron chi connectivity index (χ4n) is 1.32. The van der Waals surface area contributed by atoms with E-state index in [2.05, 4.69) is 11.8 Å². The van der Waals surface area contributed by atoms with Crippen LogP contribution in [-0.2, 0) is 9.53 Å². The molecule has 1 saturated heterocycles. The molecule has 64 valence electrons. The van der Waals surface area contributed by atoms with E-state index in [1.165, 1.54) is 0 Å². The van der Waals surface area contributed by atoms with E-state index in [4.69, 9.17) is 4.74 Å². The number of likely N-dealkylation sites (N-methyl/N-ethyl adjacent to an activating group) is 1. The van der Waals surface area contributed by atoms with Crippen LogP contribution >= 0.6 is 0 Å². The molecule has 0 saturated carbocycles. The Bertz CT molecular complexity index is 145. The van der Waals surface area contributed by atoms with Crippen LogP contribution in [0.1, 0.15) is 20.3 Å². The summed E-state index contributed by atoms with van der Waals surface area (Å²) in [6.45, 7) is 6.38. The number of carbonyl (C=O) groups excluding carboxylic acids is 1. The first kappa shape index (κ1) is 8.53. The maximum Gasteiger partial charge on any atom is 0.323 e. The van der Waals surface area contributed by atoms with Crippen LogP contribution in [0.15, 0.2) is 0 Å². The molecule has 0 spiro atoms. The summed E-state index contributed by atoms with van der Waals surface area (Å²) in [7, 11) is 0. The van der Waals surface area contributed by atoms with Crippen molar-refractivity contribution >= 4 is 5.97 Å². The Hall–Kier alpha value is -0.570. The third kappa shape index (κ3) is 1.71. The quantitative estimate of drug-likeness (QED) is 0.563. The Labute approximate surface area is 67.3 Å². The van der Waals surface area contributed by atoms with Gasteiger partial charge < -0.3 is 4.74 Å². The average Bonchev–Trinajstić information content (AvgIpc) is 1.86. The van der Waals surface area contributed by atoms with E-state index in [9.17, 15) is 4.79 Å². The molecular formula is C8H15NO2. The number of rotatable bonds is 3. The molecule has 1 unspecified atom stereocenters. The molecular weight excluding hydrogens is 142 g/mol. The summed E-state index contributed by atoms with van der Waals surface area (Å²) >= 11 is 0. The molecule has 1 fully saturated rings. The van der Waals surface area contributed by atoms with E-state index < -0.39 is 0 Å². The minimum atomic E-state index is -0.0550. The molecule has 11 heavy (non-hydrogen) atoms. The van der Waals surface area contributed by atoms with E-state index in [0.717, 1.165) is 19.5 Å². The maximum absolute atomic E-state index is 11.1. The highest BCUT2D eigenvalue weighted by Crippen LogP contribution is 2.17. The Balaban J connectivity index is 2.30. The first-order valence-electron chi connectivity index (χ1n) is 4.20. The van der Waals surface area contributed by atoms with Crippen molar-refractivity contribution in [1.82, 2.24) is 4.90 Å². The predicted octanol–water partition coefficient (Wildman–Crippen LogP) is 0.644. The number of carbonyl (C=O) groups is 1. The molecule has 1 aliphatic rings. The van der Waals surface area contributed by atoms with Gasteiger partial charge in [-0.3, -0.25) is 9.69 Å². The highest BCUT2D eigenvalue weighted by molar-refractivity contribution is 5.76. The van der Waals surface area contributed by atoms with Gasteiger partial charge in [-0.2, -0.15) is 0 Å². The van der Waals surface area contributed by atoms with Gasteiger partial charge in [0.2, 0.25) is 0 Å². The van der Waals surface area contributed by atoms with Crippen LogP contribution in [0.4, 0.5) is 0 Å². The second kappa shape index (κ2) is 3.72. The van der Waals surface area contributed by atoms with Crippen molar-refractivity contribution in [1.29, 1.82) is 0 Å². The summed E-state index contributed by atoms with van der Waals surface area (Å²) in [5.41, 5.74) is 0. The van der Waals surface area contributed by atoms with Crippen molar-refractivity contribution in [2.24, 2.45) is 0 Å². The third-order valence-corrected chi connectivity index (χ3v) is 2.10. The number of hydrogen-bond acceptors (Lipinski definition) is 3. The van der Waals surface area contributed by atoms with Crippen molar-refractivity contribution in [3.8, 4) is 0 Å². The monoisotopic (exact) mass is 157 g/mol. The summed E-state index contributed by atoms with van der Waals surface area (Å²) in [6, 6.07) is 0.0555. The number of likely N-dealkylation sites (tertiary alicyclic amines) is 1. The fraction of sp³-hybridized carbons (Fsp3) is 0.875. The molecule has 1 heterocycles. The first-order chi connectivity index (χ1) is 5.29. The van der Waals surface area contributed by atoms with Gasteiger partial charge in [0.15, 0.2) is 0 Å². The van der Waals surface area contributed by atoms with Crippen molar-refractivity contribution in [2.45, 2.75) is 26.3 Å². The second-order valence-corrected chi connectivity index (χ2v) is 2.69. The van der Waals surface area contributed by atoms with Gasteiger partial charge in [0.25, 0.3) is 0 Å². The van der Waals surface area contributed by atoms with Crippen molar-refractivity contribution in [3.63, 3.8) is 0 Å². The van der Waals surface area contributed by atoms with E-state index in [1.54, 1.807) is 0 Å². The first-order valence-corrected chi connectivity index (χ1v) is 4.20. The molecule has 0 N–H and O–H groups in total. The lowest BCUT2D eigenvalue weighted by molar-refractivity contribution is -0.154. The number of esters is 1.